The third-order valence-corrected chi connectivity index (χ3v) is 3.12. The molecule has 1 heterocycles. The van der Waals surface area contributed by atoms with E-state index in [4.69, 9.17) is 4.74 Å². The second-order valence-electron chi connectivity index (χ2n) is 4.72. The van der Waals surface area contributed by atoms with Gasteiger partial charge in [-0.15, -0.1) is 0 Å². The third kappa shape index (κ3) is 4.16. The van der Waals surface area contributed by atoms with Crippen molar-refractivity contribution in [3.63, 3.8) is 0 Å². The van der Waals surface area contributed by atoms with E-state index in [-0.39, 0.29) is 12.0 Å². The predicted molar refractivity (Wildman–Crippen MR) is 84.9 cm³/mol. The van der Waals surface area contributed by atoms with Crippen LogP contribution in [-0.2, 0) is 11.2 Å². The van der Waals surface area contributed by atoms with Crippen LogP contribution in [0, 0.1) is 6.92 Å². The summed E-state index contributed by atoms with van der Waals surface area (Å²) in [6, 6.07) is 7.19. The summed E-state index contributed by atoms with van der Waals surface area (Å²) in [5.74, 6) is 0.148. The molecule has 0 spiro atoms. The number of para-hydroxylation sites is 1. The van der Waals surface area contributed by atoms with E-state index in [1.165, 1.54) is 13.3 Å². The van der Waals surface area contributed by atoms with Crippen LogP contribution in [0.5, 0.6) is 5.75 Å². The summed E-state index contributed by atoms with van der Waals surface area (Å²) in [5, 5.41) is 3.83. The van der Waals surface area contributed by atoms with Crippen molar-refractivity contribution in [2.75, 3.05) is 7.11 Å². The second-order valence-corrected chi connectivity index (χ2v) is 4.72. The Kier molecular flexibility index (Phi) is 5.08. The predicted octanol–water partition coefficient (Wildman–Crippen LogP) is 0.0730. The Morgan fingerprint density at radius 3 is 2.74 bits per heavy atom. The Bertz CT molecular complexity index is 851. The molecule has 120 valence electrons. The molecule has 0 bridgehead atoms. The lowest BCUT2D eigenvalue weighted by Gasteiger charge is -2.04. The van der Waals surface area contributed by atoms with Crippen molar-refractivity contribution in [2.45, 2.75) is 13.3 Å². The Morgan fingerprint density at radius 2 is 2.04 bits per heavy atom. The zero-order valence-corrected chi connectivity index (χ0v) is 12.7. The molecule has 0 radical (unpaired) electrons. The van der Waals surface area contributed by atoms with Gasteiger partial charge in [-0.05, 0) is 19.1 Å². The molecule has 23 heavy (non-hydrogen) atoms. The molecule has 8 heteroatoms. The van der Waals surface area contributed by atoms with E-state index in [9.17, 15) is 14.4 Å². The second kappa shape index (κ2) is 7.21. The highest BCUT2D eigenvalue weighted by atomic mass is 16.5. The normalized spacial score (nSPS) is 10.7. The zero-order valence-electron chi connectivity index (χ0n) is 12.7. The first-order chi connectivity index (χ1) is 11.0. The Balaban J connectivity index is 2.05. The molecule has 0 unspecified atom stereocenters. The van der Waals surface area contributed by atoms with Crippen LogP contribution in [0.25, 0.3) is 0 Å². The van der Waals surface area contributed by atoms with E-state index in [0.717, 1.165) is 0 Å². The fourth-order valence-electron chi connectivity index (χ4n) is 1.99. The number of hydrogen-bond acceptors (Lipinski definition) is 5. The van der Waals surface area contributed by atoms with Crippen molar-refractivity contribution in [2.24, 2.45) is 5.10 Å². The van der Waals surface area contributed by atoms with Crippen LogP contribution >= 0.6 is 0 Å². The highest BCUT2D eigenvalue weighted by molar-refractivity contribution is 5.85. The summed E-state index contributed by atoms with van der Waals surface area (Å²) in [6.07, 6.45) is 1.25. The maximum atomic E-state index is 11.8. The minimum atomic E-state index is -0.606. The number of nitrogens with one attached hydrogen (secondary N) is 3. The molecular weight excluding hydrogens is 300 g/mol. The Labute approximate surface area is 131 Å². The lowest BCUT2D eigenvalue weighted by molar-refractivity contribution is -0.120. The minimum Gasteiger partial charge on any atom is -0.496 e. The third-order valence-electron chi connectivity index (χ3n) is 3.12. The summed E-state index contributed by atoms with van der Waals surface area (Å²) in [6.45, 7) is 1.55. The molecule has 8 nitrogen and oxygen atoms in total. The van der Waals surface area contributed by atoms with Gasteiger partial charge in [0.25, 0.3) is 5.56 Å². The molecule has 0 aliphatic rings. The first-order valence-corrected chi connectivity index (χ1v) is 6.78. The molecule has 0 fully saturated rings. The fourth-order valence-corrected chi connectivity index (χ4v) is 1.99. The maximum Gasteiger partial charge on any atom is 0.325 e. The number of H-pyrrole nitrogens is 2. The molecule has 0 atom stereocenters. The van der Waals surface area contributed by atoms with Crippen LogP contribution < -0.4 is 21.4 Å². The highest BCUT2D eigenvalue weighted by Crippen LogP contribution is 2.14. The first kappa shape index (κ1) is 16.2. The number of aryl methyl sites for hydroxylation is 1. The average Bonchev–Trinajstić information content (AvgIpc) is 2.51. The lowest BCUT2D eigenvalue weighted by Crippen LogP contribution is -2.30. The van der Waals surface area contributed by atoms with Crippen molar-refractivity contribution < 1.29 is 9.53 Å². The smallest absolute Gasteiger partial charge is 0.325 e. The number of rotatable bonds is 5. The molecule has 2 rings (SSSR count). The number of hydrogen-bond donors (Lipinski definition) is 3. The first-order valence-electron chi connectivity index (χ1n) is 6.78. The number of carbonyl (C=O) groups is 1. The van der Waals surface area contributed by atoms with Crippen molar-refractivity contribution in [1.29, 1.82) is 0 Å². The van der Waals surface area contributed by atoms with Gasteiger partial charge in [-0.25, -0.2) is 10.2 Å². The van der Waals surface area contributed by atoms with Gasteiger partial charge in [0.05, 0.1) is 19.7 Å². The molecule has 0 saturated carbocycles. The molecule has 1 aromatic heterocycles. The number of aromatic amines is 2. The Morgan fingerprint density at radius 1 is 1.30 bits per heavy atom. The van der Waals surface area contributed by atoms with Crippen LogP contribution in [0.1, 0.15) is 16.8 Å². The quantitative estimate of drug-likeness (QED) is 0.534. The SMILES string of the molecule is COc1ccccc1/C=N\NC(=O)Cc1c(C)[nH]c(=O)[nH]c1=O. The number of aromatic nitrogens is 2. The molecule has 1 aromatic carbocycles. The molecule has 0 saturated heterocycles. The van der Waals surface area contributed by atoms with Crippen molar-refractivity contribution >= 4 is 12.1 Å². The van der Waals surface area contributed by atoms with Gasteiger partial charge in [0, 0.05) is 16.8 Å². The van der Waals surface area contributed by atoms with Gasteiger partial charge in [-0.1, -0.05) is 12.1 Å². The topological polar surface area (TPSA) is 116 Å². The van der Waals surface area contributed by atoms with E-state index in [1.54, 1.807) is 19.1 Å². The molecule has 1 amide bonds. The number of carbonyl (C=O) groups excluding carboxylic acids is 1. The van der Waals surface area contributed by atoms with Gasteiger partial charge >= 0.3 is 5.69 Å². The maximum absolute atomic E-state index is 11.8. The lowest BCUT2D eigenvalue weighted by atomic mass is 10.1. The number of methoxy groups -OCH3 is 1. The van der Waals surface area contributed by atoms with Crippen LogP contribution in [0.4, 0.5) is 0 Å². The van der Waals surface area contributed by atoms with Crippen molar-refractivity contribution in [3.8, 4) is 5.75 Å². The van der Waals surface area contributed by atoms with Gasteiger partial charge in [-0.2, -0.15) is 5.10 Å². The highest BCUT2D eigenvalue weighted by Gasteiger charge is 2.10. The number of benzene rings is 1. The monoisotopic (exact) mass is 316 g/mol. The van der Waals surface area contributed by atoms with Gasteiger partial charge in [-0.3, -0.25) is 14.6 Å². The van der Waals surface area contributed by atoms with Gasteiger partial charge < -0.3 is 9.72 Å². The van der Waals surface area contributed by atoms with Crippen LogP contribution in [-0.4, -0.2) is 29.2 Å². The fraction of sp³-hybridized carbons (Fsp3) is 0.200. The van der Waals surface area contributed by atoms with Gasteiger partial charge in [0.15, 0.2) is 0 Å². The molecule has 2 aromatic rings. The summed E-state index contributed by atoms with van der Waals surface area (Å²) in [4.78, 5) is 39.1. The van der Waals surface area contributed by atoms with E-state index in [2.05, 4.69) is 20.5 Å². The Hall–Kier alpha value is -3.16. The summed E-state index contributed by atoms with van der Waals surface area (Å²) < 4.78 is 5.16. The molecule has 0 aliphatic heterocycles. The van der Waals surface area contributed by atoms with E-state index in [0.29, 0.717) is 17.0 Å². The van der Waals surface area contributed by atoms with Crippen LogP contribution in [0.2, 0.25) is 0 Å². The zero-order chi connectivity index (χ0) is 16.8. The summed E-state index contributed by atoms with van der Waals surface area (Å²) >= 11 is 0. The van der Waals surface area contributed by atoms with Gasteiger partial charge in [0.1, 0.15) is 5.75 Å². The van der Waals surface area contributed by atoms with E-state index in [1.807, 2.05) is 12.1 Å². The molecule has 0 aliphatic carbocycles. The van der Waals surface area contributed by atoms with E-state index >= 15 is 0 Å². The molecule has 3 N–H and O–H groups in total. The van der Waals surface area contributed by atoms with Crippen LogP contribution in [0.15, 0.2) is 39.0 Å². The van der Waals surface area contributed by atoms with Crippen LogP contribution in [0.3, 0.4) is 0 Å². The van der Waals surface area contributed by atoms with Gasteiger partial charge in [0.2, 0.25) is 5.91 Å². The summed E-state index contributed by atoms with van der Waals surface area (Å²) in [5.41, 5.74) is 2.38. The average molecular weight is 316 g/mol. The van der Waals surface area contributed by atoms with Crippen molar-refractivity contribution in [1.82, 2.24) is 15.4 Å². The number of nitrogens with zero attached hydrogens (tertiary/aromatic N) is 1. The minimum absolute atomic E-state index is 0.189. The number of ether oxygens (including phenoxy) is 1. The number of amides is 1. The summed E-state index contributed by atoms with van der Waals surface area (Å²) in [7, 11) is 1.54. The largest absolute Gasteiger partial charge is 0.496 e. The standard InChI is InChI=1S/C15H16N4O4/c1-9-11(14(21)18-15(22)17-9)7-13(20)19-16-8-10-5-3-4-6-12(10)23-2/h3-6,8H,7H2,1-2H3,(H,19,20)(H2,17,18,21,22)/b16-8-. The molecular formula is C15H16N4O4. The van der Waals surface area contributed by atoms with E-state index < -0.39 is 17.2 Å². The number of hydrazone groups is 1. The van der Waals surface area contributed by atoms with Crippen molar-refractivity contribution in [3.05, 3.63) is 61.9 Å².